The summed E-state index contributed by atoms with van der Waals surface area (Å²) in [4.78, 5) is 12.5. The largest absolute Gasteiger partial charge is 0.493 e. The van der Waals surface area contributed by atoms with E-state index >= 15 is 0 Å². The first-order valence-corrected chi connectivity index (χ1v) is 9.71. The van der Waals surface area contributed by atoms with Gasteiger partial charge in [0.2, 0.25) is 5.76 Å². The van der Waals surface area contributed by atoms with Gasteiger partial charge in [-0.1, -0.05) is 48.0 Å². The lowest BCUT2D eigenvalue weighted by molar-refractivity contribution is 0.0699. The number of hydrogen-bond donors (Lipinski definition) is 0. The third kappa shape index (κ3) is 4.45. The van der Waals surface area contributed by atoms with Crippen LogP contribution < -0.4 is 9.47 Å². The molecule has 0 N–H and O–H groups in total. The van der Waals surface area contributed by atoms with Crippen LogP contribution in [-0.4, -0.2) is 13.1 Å². The summed E-state index contributed by atoms with van der Waals surface area (Å²) in [5.41, 5.74) is 2.53. The first-order chi connectivity index (χ1) is 15.1. The van der Waals surface area contributed by atoms with E-state index in [1.165, 1.54) is 7.11 Å². The fraction of sp³-hybridized carbons (Fsp3) is 0.0400. The Bertz CT molecular complexity index is 1300. The van der Waals surface area contributed by atoms with Crippen molar-refractivity contribution < 1.29 is 18.7 Å². The highest BCUT2D eigenvalue weighted by Gasteiger charge is 2.17. The van der Waals surface area contributed by atoms with Gasteiger partial charge in [-0.2, -0.15) is 5.26 Å². The molecule has 1 heterocycles. The summed E-state index contributed by atoms with van der Waals surface area (Å²) in [7, 11) is 1.48. The molecule has 0 aliphatic heterocycles. The second kappa shape index (κ2) is 8.78. The molecule has 0 atom stereocenters. The van der Waals surface area contributed by atoms with Crippen molar-refractivity contribution >= 4 is 40.2 Å². The number of fused-ring (bicyclic) bond motifs is 1. The minimum absolute atomic E-state index is 0.0988. The summed E-state index contributed by atoms with van der Waals surface area (Å²) in [6, 6.07) is 23.2. The van der Waals surface area contributed by atoms with Crippen LogP contribution in [0.25, 0.3) is 22.6 Å². The average molecular weight is 430 g/mol. The quantitative estimate of drug-likeness (QED) is 0.159. The zero-order valence-electron chi connectivity index (χ0n) is 16.5. The number of allylic oxidation sites excluding steroid dienone is 1. The number of carbonyl (C=O) groups excluding carboxylic acids is 1. The van der Waals surface area contributed by atoms with Crippen LogP contribution in [0, 0.1) is 11.3 Å². The van der Waals surface area contributed by atoms with Gasteiger partial charge in [0.15, 0.2) is 11.5 Å². The number of furan rings is 1. The number of rotatable bonds is 5. The maximum Gasteiger partial charge on any atom is 0.379 e. The van der Waals surface area contributed by atoms with Gasteiger partial charge in [-0.15, -0.1) is 0 Å². The van der Waals surface area contributed by atoms with Gasteiger partial charge in [-0.05, 0) is 53.6 Å². The van der Waals surface area contributed by atoms with Crippen LogP contribution >= 0.6 is 11.6 Å². The van der Waals surface area contributed by atoms with Gasteiger partial charge in [-0.3, -0.25) is 0 Å². The fourth-order valence-corrected chi connectivity index (χ4v) is 3.19. The van der Waals surface area contributed by atoms with Crippen LogP contribution in [0.5, 0.6) is 11.5 Å². The van der Waals surface area contributed by atoms with Gasteiger partial charge in [0.25, 0.3) is 0 Å². The Morgan fingerprint density at radius 2 is 1.81 bits per heavy atom. The topological polar surface area (TPSA) is 72.5 Å². The van der Waals surface area contributed by atoms with Crippen LogP contribution in [0.3, 0.4) is 0 Å². The lowest BCUT2D eigenvalue weighted by Gasteiger charge is -2.09. The van der Waals surface area contributed by atoms with E-state index in [1.807, 2.05) is 18.2 Å². The molecule has 152 valence electrons. The SMILES string of the molecule is COc1cc(C=C(C#N)c2ccc(Cl)cc2)ccc1OC(=O)c1cc2ccccc2o1. The molecule has 0 saturated carbocycles. The first-order valence-electron chi connectivity index (χ1n) is 9.34. The van der Waals surface area contributed by atoms with Gasteiger partial charge in [-0.25, -0.2) is 4.79 Å². The Balaban J connectivity index is 1.59. The number of ether oxygens (including phenoxy) is 2. The van der Waals surface area contributed by atoms with Crippen LogP contribution in [0.4, 0.5) is 0 Å². The number of halogens is 1. The molecule has 4 aromatic rings. The van der Waals surface area contributed by atoms with Crippen molar-refractivity contribution in [3.05, 3.63) is 94.7 Å². The Kier molecular flexibility index (Phi) is 5.74. The van der Waals surface area contributed by atoms with Crippen LogP contribution in [0.1, 0.15) is 21.7 Å². The zero-order valence-corrected chi connectivity index (χ0v) is 17.2. The summed E-state index contributed by atoms with van der Waals surface area (Å²) in [5, 5.41) is 10.9. The van der Waals surface area contributed by atoms with Gasteiger partial charge < -0.3 is 13.9 Å². The number of nitriles is 1. The van der Waals surface area contributed by atoms with Crippen molar-refractivity contribution in [3.8, 4) is 17.6 Å². The summed E-state index contributed by atoms with van der Waals surface area (Å²) in [6.45, 7) is 0. The van der Waals surface area contributed by atoms with Crippen molar-refractivity contribution in [1.29, 1.82) is 5.26 Å². The van der Waals surface area contributed by atoms with Gasteiger partial charge in [0.1, 0.15) is 5.58 Å². The maximum atomic E-state index is 12.5. The van der Waals surface area contributed by atoms with E-state index in [-0.39, 0.29) is 11.5 Å². The average Bonchev–Trinajstić information content (AvgIpc) is 3.23. The molecule has 0 saturated heterocycles. The van der Waals surface area contributed by atoms with E-state index in [0.29, 0.717) is 27.5 Å². The Hall–Kier alpha value is -4.01. The Morgan fingerprint density at radius 3 is 2.52 bits per heavy atom. The highest BCUT2D eigenvalue weighted by molar-refractivity contribution is 6.30. The van der Waals surface area contributed by atoms with Gasteiger partial charge in [0, 0.05) is 10.4 Å². The molecule has 31 heavy (non-hydrogen) atoms. The highest BCUT2D eigenvalue weighted by Crippen LogP contribution is 2.31. The predicted octanol–water partition coefficient (Wildman–Crippen LogP) is 6.38. The number of hydrogen-bond acceptors (Lipinski definition) is 5. The molecular formula is C25H16ClNO4. The summed E-state index contributed by atoms with van der Waals surface area (Å²) >= 11 is 5.92. The number of esters is 1. The molecular weight excluding hydrogens is 414 g/mol. The normalized spacial score (nSPS) is 11.2. The van der Waals surface area contributed by atoms with Crippen molar-refractivity contribution in [1.82, 2.24) is 0 Å². The van der Waals surface area contributed by atoms with Crippen molar-refractivity contribution in [2.24, 2.45) is 0 Å². The number of carbonyl (C=O) groups is 1. The number of para-hydroxylation sites is 1. The van der Waals surface area contributed by atoms with E-state index in [9.17, 15) is 10.1 Å². The lowest BCUT2D eigenvalue weighted by atomic mass is 10.0. The lowest BCUT2D eigenvalue weighted by Crippen LogP contribution is -2.08. The minimum atomic E-state index is -0.628. The van der Waals surface area contributed by atoms with Crippen LogP contribution in [0.15, 0.2) is 77.2 Å². The Labute approximate surface area is 183 Å². The third-order valence-corrected chi connectivity index (χ3v) is 4.86. The molecule has 4 rings (SSSR count). The van der Waals surface area contributed by atoms with Gasteiger partial charge in [0.05, 0.1) is 18.8 Å². The summed E-state index contributed by atoms with van der Waals surface area (Å²) < 4.78 is 16.4. The molecule has 0 spiro atoms. The number of methoxy groups -OCH3 is 1. The molecule has 0 amide bonds. The highest BCUT2D eigenvalue weighted by atomic mass is 35.5. The smallest absolute Gasteiger partial charge is 0.379 e. The molecule has 0 fully saturated rings. The number of nitrogens with zero attached hydrogens (tertiary/aromatic N) is 1. The molecule has 0 bridgehead atoms. The Morgan fingerprint density at radius 1 is 1.03 bits per heavy atom. The van der Waals surface area contributed by atoms with Gasteiger partial charge >= 0.3 is 5.97 Å². The predicted molar refractivity (Wildman–Crippen MR) is 119 cm³/mol. The summed E-state index contributed by atoms with van der Waals surface area (Å²) in [5.74, 6) is 0.0696. The van der Waals surface area contributed by atoms with E-state index in [1.54, 1.807) is 60.7 Å². The van der Waals surface area contributed by atoms with E-state index in [0.717, 1.165) is 10.9 Å². The first kappa shape index (κ1) is 20.3. The van der Waals surface area contributed by atoms with Crippen molar-refractivity contribution in [2.75, 3.05) is 7.11 Å². The van der Waals surface area contributed by atoms with Crippen LogP contribution in [-0.2, 0) is 0 Å². The second-order valence-electron chi connectivity index (χ2n) is 6.63. The molecule has 3 aromatic carbocycles. The zero-order chi connectivity index (χ0) is 21.8. The maximum absolute atomic E-state index is 12.5. The monoisotopic (exact) mass is 429 g/mol. The second-order valence-corrected chi connectivity index (χ2v) is 7.06. The molecule has 6 heteroatoms. The molecule has 1 aromatic heterocycles. The molecule has 0 aliphatic carbocycles. The molecule has 0 unspecified atom stereocenters. The van der Waals surface area contributed by atoms with Crippen molar-refractivity contribution in [3.63, 3.8) is 0 Å². The minimum Gasteiger partial charge on any atom is -0.493 e. The van der Waals surface area contributed by atoms with Crippen molar-refractivity contribution in [2.45, 2.75) is 0 Å². The molecule has 5 nitrogen and oxygen atoms in total. The third-order valence-electron chi connectivity index (χ3n) is 4.60. The fourth-order valence-electron chi connectivity index (χ4n) is 3.07. The van der Waals surface area contributed by atoms with E-state index < -0.39 is 5.97 Å². The standard InChI is InChI=1S/C25H16ClNO4/c1-29-23-13-16(12-19(15-27)17-7-9-20(26)10-8-17)6-11-22(23)31-25(28)24-14-18-4-2-3-5-21(18)30-24/h2-14H,1H3. The number of benzene rings is 3. The summed E-state index contributed by atoms with van der Waals surface area (Å²) in [6.07, 6.45) is 1.72. The van der Waals surface area contributed by atoms with E-state index in [2.05, 4.69) is 6.07 Å². The molecule has 0 radical (unpaired) electrons. The van der Waals surface area contributed by atoms with Crippen LogP contribution in [0.2, 0.25) is 5.02 Å². The molecule has 0 aliphatic rings. The van der Waals surface area contributed by atoms with E-state index in [4.69, 9.17) is 25.5 Å².